The summed E-state index contributed by atoms with van der Waals surface area (Å²) >= 11 is 0. The van der Waals surface area contributed by atoms with Gasteiger partial charge >= 0.3 is 0 Å². The van der Waals surface area contributed by atoms with Crippen molar-refractivity contribution in [3.8, 4) is 0 Å². The Labute approximate surface area is 204 Å². The first kappa shape index (κ1) is 26.1. The van der Waals surface area contributed by atoms with E-state index in [1.165, 1.54) is 0 Å². The minimum absolute atomic E-state index is 0. The topological polar surface area (TPSA) is 74.2 Å². The fourth-order valence-corrected chi connectivity index (χ4v) is 3.91. The summed E-state index contributed by atoms with van der Waals surface area (Å²) in [6, 6.07) is 4.22. The van der Waals surface area contributed by atoms with E-state index in [0.717, 1.165) is 82.8 Å². The summed E-state index contributed by atoms with van der Waals surface area (Å²) in [7, 11) is 0. The Hall–Kier alpha value is -1.17. The number of hydrogen-bond donors (Lipinski definition) is 2. The van der Waals surface area contributed by atoms with Gasteiger partial charge in [-0.2, -0.15) is 0 Å². The third-order valence-electron chi connectivity index (χ3n) is 5.36. The predicted octanol–water partition coefficient (Wildman–Crippen LogP) is 2.09. The number of rotatable bonds is 8. The van der Waals surface area contributed by atoms with Gasteiger partial charge in [-0.25, -0.2) is 9.98 Å². The SMILES string of the molecule is CCNC(=NCc1ccc(N2CC(C)OC(C)C2)nc1)NCCCN1CCOCC1.I. The molecule has 2 saturated heterocycles. The minimum atomic E-state index is 0. The molecule has 0 bridgehead atoms. The van der Waals surface area contributed by atoms with E-state index >= 15 is 0 Å². The number of morpholine rings is 2. The molecule has 8 nitrogen and oxygen atoms in total. The zero-order valence-electron chi connectivity index (χ0n) is 19.2. The maximum atomic E-state index is 5.81. The highest BCUT2D eigenvalue weighted by Crippen LogP contribution is 2.18. The van der Waals surface area contributed by atoms with Crippen LogP contribution in [-0.2, 0) is 16.0 Å². The Morgan fingerprint density at radius 1 is 1.16 bits per heavy atom. The zero-order chi connectivity index (χ0) is 21.2. The Kier molecular flexibility index (Phi) is 11.8. The van der Waals surface area contributed by atoms with Crippen molar-refractivity contribution in [1.82, 2.24) is 20.5 Å². The standard InChI is InChI=1S/C22H38N6O2.HI/c1-4-23-22(24-8-5-9-27-10-12-29-13-11-27)26-15-20-6-7-21(25-14-20)28-16-18(2)30-19(3)17-28;/h6-7,14,18-19H,4-5,8-13,15-17H2,1-3H3,(H2,23,24,26);1H. The van der Waals surface area contributed by atoms with E-state index in [0.29, 0.717) is 6.54 Å². The number of halogens is 1. The third-order valence-corrected chi connectivity index (χ3v) is 5.36. The smallest absolute Gasteiger partial charge is 0.191 e. The van der Waals surface area contributed by atoms with Crippen LogP contribution in [-0.4, -0.2) is 87.1 Å². The van der Waals surface area contributed by atoms with Gasteiger partial charge in [0.1, 0.15) is 5.82 Å². The largest absolute Gasteiger partial charge is 0.379 e. The maximum Gasteiger partial charge on any atom is 0.191 e. The Morgan fingerprint density at radius 2 is 1.90 bits per heavy atom. The lowest BCUT2D eigenvalue weighted by Gasteiger charge is -2.36. The Morgan fingerprint density at radius 3 is 2.55 bits per heavy atom. The van der Waals surface area contributed by atoms with Gasteiger partial charge in [-0.3, -0.25) is 4.90 Å². The molecule has 0 aromatic carbocycles. The quantitative estimate of drug-likeness (QED) is 0.224. The van der Waals surface area contributed by atoms with E-state index in [1.807, 2.05) is 6.20 Å². The molecule has 9 heteroatoms. The lowest BCUT2D eigenvalue weighted by Crippen LogP contribution is -2.45. The van der Waals surface area contributed by atoms with Gasteiger partial charge in [0.2, 0.25) is 0 Å². The van der Waals surface area contributed by atoms with Crippen molar-refractivity contribution < 1.29 is 9.47 Å². The lowest BCUT2D eigenvalue weighted by molar-refractivity contribution is -0.00545. The molecule has 0 amide bonds. The molecule has 0 spiro atoms. The fraction of sp³-hybridized carbons (Fsp3) is 0.727. The molecule has 2 N–H and O–H groups in total. The maximum absolute atomic E-state index is 5.81. The van der Waals surface area contributed by atoms with Gasteiger partial charge in [-0.1, -0.05) is 6.07 Å². The average Bonchev–Trinajstić information content (AvgIpc) is 2.75. The summed E-state index contributed by atoms with van der Waals surface area (Å²) in [6.45, 7) is 15.3. The van der Waals surface area contributed by atoms with Crippen molar-refractivity contribution in [3.05, 3.63) is 23.9 Å². The number of hydrogen-bond acceptors (Lipinski definition) is 6. The van der Waals surface area contributed by atoms with Gasteiger partial charge in [-0.05, 0) is 45.4 Å². The molecule has 2 fully saturated rings. The van der Waals surface area contributed by atoms with Crippen LogP contribution in [0.4, 0.5) is 5.82 Å². The summed E-state index contributed by atoms with van der Waals surface area (Å²) in [6.07, 6.45) is 3.50. The summed E-state index contributed by atoms with van der Waals surface area (Å²) < 4.78 is 11.2. The molecule has 2 unspecified atom stereocenters. The number of aromatic nitrogens is 1. The second kappa shape index (κ2) is 14.1. The molecule has 3 heterocycles. The van der Waals surface area contributed by atoms with Crippen LogP contribution in [0.1, 0.15) is 32.8 Å². The van der Waals surface area contributed by atoms with Crippen molar-refractivity contribution >= 4 is 35.8 Å². The van der Waals surface area contributed by atoms with E-state index in [2.05, 4.69) is 58.3 Å². The van der Waals surface area contributed by atoms with Crippen molar-refractivity contribution in [1.29, 1.82) is 0 Å². The van der Waals surface area contributed by atoms with Crippen molar-refractivity contribution in [2.45, 2.75) is 45.9 Å². The molecule has 1 aromatic rings. The van der Waals surface area contributed by atoms with E-state index in [-0.39, 0.29) is 36.2 Å². The Bertz CT molecular complexity index is 644. The van der Waals surface area contributed by atoms with Crippen LogP contribution in [0, 0.1) is 0 Å². The highest BCUT2D eigenvalue weighted by molar-refractivity contribution is 14.0. The second-order valence-corrected chi connectivity index (χ2v) is 8.12. The molecular weight excluding hydrogens is 507 g/mol. The zero-order valence-corrected chi connectivity index (χ0v) is 21.5. The molecule has 0 saturated carbocycles. The fourth-order valence-electron chi connectivity index (χ4n) is 3.91. The van der Waals surface area contributed by atoms with Gasteiger partial charge < -0.3 is 25.0 Å². The van der Waals surface area contributed by atoms with Crippen LogP contribution in [0.3, 0.4) is 0 Å². The van der Waals surface area contributed by atoms with E-state index in [9.17, 15) is 0 Å². The molecule has 1 aromatic heterocycles. The number of ether oxygens (including phenoxy) is 2. The third kappa shape index (κ3) is 9.07. The number of guanidine groups is 1. The first-order valence-electron chi connectivity index (χ1n) is 11.3. The van der Waals surface area contributed by atoms with E-state index in [1.54, 1.807) is 0 Å². The molecule has 2 atom stereocenters. The number of pyridine rings is 1. The van der Waals surface area contributed by atoms with Crippen molar-refractivity contribution in [3.63, 3.8) is 0 Å². The van der Waals surface area contributed by atoms with Crippen LogP contribution in [0.25, 0.3) is 0 Å². The Balaban J connectivity index is 0.00000341. The van der Waals surface area contributed by atoms with E-state index in [4.69, 9.17) is 14.5 Å². The average molecular weight is 546 g/mol. The minimum Gasteiger partial charge on any atom is -0.379 e. The van der Waals surface area contributed by atoms with Crippen molar-refractivity contribution in [2.75, 3.05) is 63.9 Å². The molecular formula is C22H39IN6O2. The molecule has 0 radical (unpaired) electrons. The van der Waals surface area contributed by atoms with Gasteiger partial charge in [0.15, 0.2) is 5.96 Å². The van der Waals surface area contributed by atoms with Gasteiger partial charge in [0, 0.05) is 45.5 Å². The highest BCUT2D eigenvalue weighted by atomic mass is 127. The van der Waals surface area contributed by atoms with Gasteiger partial charge in [-0.15, -0.1) is 24.0 Å². The van der Waals surface area contributed by atoms with Crippen LogP contribution in [0.5, 0.6) is 0 Å². The number of anilines is 1. The number of nitrogens with one attached hydrogen (secondary N) is 2. The van der Waals surface area contributed by atoms with Gasteiger partial charge in [0.25, 0.3) is 0 Å². The summed E-state index contributed by atoms with van der Waals surface area (Å²) in [5.41, 5.74) is 1.11. The lowest BCUT2D eigenvalue weighted by atomic mass is 10.2. The molecule has 3 rings (SSSR count). The number of aliphatic imine (C=N–C) groups is 1. The molecule has 31 heavy (non-hydrogen) atoms. The molecule has 0 aliphatic carbocycles. The summed E-state index contributed by atoms with van der Waals surface area (Å²) in [4.78, 5) is 14.1. The number of nitrogens with zero attached hydrogens (tertiary/aromatic N) is 4. The van der Waals surface area contributed by atoms with Gasteiger partial charge in [0.05, 0.1) is 32.0 Å². The summed E-state index contributed by atoms with van der Waals surface area (Å²) in [5, 5.41) is 6.77. The first-order chi connectivity index (χ1) is 14.6. The molecule has 2 aliphatic heterocycles. The van der Waals surface area contributed by atoms with Crippen LogP contribution in [0.15, 0.2) is 23.3 Å². The molecule has 176 valence electrons. The molecule has 2 aliphatic rings. The summed E-state index contributed by atoms with van der Waals surface area (Å²) in [5.74, 6) is 1.87. The normalized spacial score (nSPS) is 22.7. The van der Waals surface area contributed by atoms with Crippen LogP contribution >= 0.6 is 24.0 Å². The first-order valence-corrected chi connectivity index (χ1v) is 11.3. The predicted molar refractivity (Wildman–Crippen MR) is 137 cm³/mol. The highest BCUT2D eigenvalue weighted by Gasteiger charge is 2.22. The monoisotopic (exact) mass is 546 g/mol. The van der Waals surface area contributed by atoms with Crippen LogP contribution < -0.4 is 15.5 Å². The second-order valence-electron chi connectivity index (χ2n) is 8.12. The van der Waals surface area contributed by atoms with Crippen LogP contribution in [0.2, 0.25) is 0 Å². The van der Waals surface area contributed by atoms with E-state index < -0.39 is 0 Å². The van der Waals surface area contributed by atoms with Crippen molar-refractivity contribution in [2.24, 2.45) is 4.99 Å².